The smallest absolute Gasteiger partial charge is 0.338 e. The summed E-state index contributed by atoms with van der Waals surface area (Å²) < 4.78 is 67.7. The standard InChI is InChI=1S/C43H56O8.2C39H48O8/c1-7-39(44)48-19-24-8-33-27-13-31(36(18-27)37(33)10-24)22-51-42(47)29-14-28(15-32(16-29)43(4,5)6)41(46)49-20-25-9-34-26-12-30(21-50-40(45)23(2)3)35(17-26)38(34)11-25;1-4-36(40)44-17-22-9-30-27-14-29(33(16-27)34(30)11-22)20-47-39(43)25-7-5-24(6-8-25)38(42)45-18-23-10-31-26-13-28(19-46-37(41)21(2)3)32(15-26)35(31)12-23;1-4-36(40)44-17-22-8-30-27-14-29(33(16-27)34(30)10-22)20-47-39(43)25-7-5-6-24(12-25)38(42)45-18-23-9-31-26-13-28(19-46-37(41)21(2)3)32(15-26)35(31)11-23/h7,14-16,24-27,30-31,33-38H,1-2,8-13,17-22H2,3-6H3;4-8,22-23,26-35H,1-2,9-20H2,3H3;4-7,12,22-23,26-35H,1-2,8-11,13-20H2,3H3/t24?,25?,26?,27?,30?,31?,33-,34-,35?,36?,37-,38-;2*22?,23?,26?,27?,28?,29?,30-,31-,32?,33?,34-,35-/m000/s1. The van der Waals surface area contributed by atoms with Crippen molar-refractivity contribution in [1.29, 1.82) is 0 Å². The number of carbonyl (C=O) groups excluding carboxylic acids is 12. The van der Waals surface area contributed by atoms with Crippen LogP contribution in [0.25, 0.3) is 0 Å². The first kappa shape index (κ1) is 103. The van der Waals surface area contributed by atoms with E-state index < -0.39 is 23.9 Å². The van der Waals surface area contributed by atoms with E-state index in [0.717, 1.165) is 121 Å². The molecule has 21 rings (SSSR count). The Labute approximate surface area is 854 Å². The van der Waals surface area contributed by atoms with Crippen molar-refractivity contribution in [3.8, 4) is 0 Å². The minimum absolute atomic E-state index is 0.276. The van der Waals surface area contributed by atoms with Gasteiger partial charge in [0, 0.05) is 34.9 Å². The lowest BCUT2D eigenvalue weighted by molar-refractivity contribution is -0.142. The van der Waals surface area contributed by atoms with E-state index in [2.05, 4.69) is 60.2 Å². The minimum Gasteiger partial charge on any atom is -0.462 e. The number of benzene rings is 3. The molecule has 18 saturated carbocycles. The average molecular weight is 1990 g/mol. The van der Waals surface area contributed by atoms with Crippen LogP contribution < -0.4 is 0 Å². The molecule has 780 valence electrons. The third kappa shape index (κ3) is 22.4. The number of rotatable bonds is 36. The third-order valence-corrected chi connectivity index (χ3v) is 40.0. The topological polar surface area (TPSA) is 316 Å². The van der Waals surface area contributed by atoms with Gasteiger partial charge in [-0.2, -0.15) is 0 Å². The van der Waals surface area contributed by atoms with Crippen LogP contribution in [0.4, 0.5) is 0 Å². The second kappa shape index (κ2) is 43.9. The molecule has 0 aliphatic heterocycles. The monoisotopic (exact) mass is 1990 g/mol. The normalized spacial score (nSPS) is 36.6. The van der Waals surface area contributed by atoms with E-state index >= 15 is 0 Å². The molecule has 24 nitrogen and oxygen atoms in total. The lowest BCUT2D eigenvalue weighted by Crippen LogP contribution is -2.28. The SMILES string of the molecule is C=CC(=O)OCC1C[C@@H]2C3CC(CC3COC(=O)c3cc(C(=O)OCC4C[C@@H]5C6CC(CC6COC(=O)C(=C)C)[C@@H]5C4)cc(C(C)(C)C)c3)[C@@H]2C1.C=CC(=O)OCC1C[C@@H]2C3CC(CC3COC(=O)c3ccc(C(=O)OCC4C[C@@H]5C6CC(CC6COC(=O)C(=C)C)[C@@H]5C4)cc3)[C@@H]2C1.C=CC(=O)OCC1C[C@@H]2C3CC(CC3COC(=O)c3cccc(C(=O)OCC4C[C@@H]5C6CC(CC6COC(=O)C(=C)C)[C@@H]5C4)c3)[C@@H]2C1. The largest absolute Gasteiger partial charge is 0.462 e. The quantitative estimate of drug-likeness (QED) is 0.0296. The minimum atomic E-state index is -0.405. The van der Waals surface area contributed by atoms with Gasteiger partial charge in [-0.25, -0.2) is 57.5 Å². The summed E-state index contributed by atoms with van der Waals surface area (Å²) in [5.74, 6) is 15.5. The van der Waals surface area contributed by atoms with Crippen molar-refractivity contribution in [2.75, 3.05) is 79.3 Å². The van der Waals surface area contributed by atoms with Crippen LogP contribution in [-0.2, 0) is 91.0 Å². The van der Waals surface area contributed by atoms with Crippen molar-refractivity contribution in [2.45, 2.75) is 201 Å². The Morgan fingerprint density at radius 3 is 0.669 bits per heavy atom. The molecule has 0 amide bonds. The van der Waals surface area contributed by atoms with Crippen LogP contribution in [-0.4, -0.2) is 151 Å². The van der Waals surface area contributed by atoms with Gasteiger partial charge in [-0.1, -0.05) is 66.3 Å². The summed E-state index contributed by atoms with van der Waals surface area (Å²) in [6.07, 6.45) is 30.5. The maximum Gasteiger partial charge on any atom is 0.338 e. The summed E-state index contributed by atoms with van der Waals surface area (Å²) in [5, 5.41) is 0. The highest BCUT2D eigenvalue weighted by molar-refractivity contribution is 5.97. The molecule has 0 saturated heterocycles. The molecule has 24 unspecified atom stereocenters. The zero-order chi connectivity index (χ0) is 102. The Kier molecular flexibility index (Phi) is 31.3. The molecule has 24 heteroatoms. The zero-order valence-corrected chi connectivity index (χ0v) is 85.9. The van der Waals surface area contributed by atoms with Crippen LogP contribution in [0, 0.1) is 213 Å². The van der Waals surface area contributed by atoms with Gasteiger partial charge >= 0.3 is 71.6 Å². The summed E-state index contributed by atoms with van der Waals surface area (Å²) in [7, 11) is 0. The maximum absolute atomic E-state index is 13.5. The first-order valence-corrected chi connectivity index (χ1v) is 54.9. The van der Waals surface area contributed by atoms with Crippen molar-refractivity contribution in [1.82, 2.24) is 0 Å². The Hall–Kier alpha value is -10.3. The highest BCUT2D eigenvalue weighted by Crippen LogP contribution is 2.69. The molecule has 18 fully saturated rings. The van der Waals surface area contributed by atoms with E-state index in [9.17, 15) is 57.5 Å². The summed E-state index contributed by atoms with van der Waals surface area (Å²) in [5.41, 5.74) is 4.35. The molecule has 3 aromatic rings. The van der Waals surface area contributed by atoms with Gasteiger partial charge in [0.15, 0.2) is 0 Å². The number of carbonyl (C=O) groups is 12. The summed E-state index contributed by atoms with van der Waals surface area (Å²) in [6.45, 7) is 38.0. The van der Waals surface area contributed by atoms with Gasteiger partial charge in [0.1, 0.15) is 0 Å². The Morgan fingerprint density at radius 1 is 0.241 bits per heavy atom. The highest BCUT2D eigenvalue weighted by atomic mass is 16.6. The van der Waals surface area contributed by atoms with Crippen molar-refractivity contribution < 1.29 is 114 Å². The van der Waals surface area contributed by atoms with Gasteiger partial charge in [0.2, 0.25) is 0 Å². The van der Waals surface area contributed by atoms with Crippen LogP contribution in [0.3, 0.4) is 0 Å². The van der Waals surface area contributed by atoms with E-state index in [1.165, 1.54) is 56.8 Å². The van der Waals surface area contributed by atoms with E-state index in [-0.39, 0.29) is 53.2 Å². The summed E-state index contributed by atoms with van der Waals surface area (Å²) in [6, 6.07) is 18.7. The predicted octanol–water partition coefficient (Wildman–Crippen LogP) is 20.6. The molecule has 0 N–H and O–H groups in total. The van der Waals surface area contributed by atoms with Crippen molar-refractivity contribution in [2.24, 2.45) is 213 Å². The third-order valence-electron chi connectivity index (χ3n) is 40.0. The zero-order valence-electron chi connectivity index (χ0n) is 85.9. The van der Waals surface area contributed by atoms with Crippen molar-refractivity contribution in [3.63, 3.8) is 0 Å². The second-order valence-electron chi connectivity index (χ2n) is 49.4. The highest BCUT2D eigenvalue weighted by Gasteiger charge is 2.63. The fraction of sp³-hybridized carbons (Fsp3) is 0.653. The molecule has 145 heavy (non-hydrogen) atoms. The van der Waals surface area contributed by atoms with Gasteiger partial charge in [0.25, 0.3) is 0 Å². The van der Waals surface area contributed by atoms with E-state index in [1.807, 2.05) is 12.1 Å². The molecule has 0 radical (unpaired) electrons. The molecule has 12 bridgehead atoms. The number of esters is 12. The van der Waals surface area contributed by atoms with Crippen LogP contribution in [0.2, 0.25) is 0 Å². The van der Waals surface area contributed by atoms with Crippen molar-refractivity contribution >= 4 is 71.6 Å². The number of ether oxygens (including phenoxy) is 12. The lowest BCUT2D eigenvalue weighted by Gasteiger charge is -2.31. The first-order chi connectivity index (χ1) is 69.6. The van der Waals surface area contributed by atoms with Gasteiger partial charge in [-0.15, -0.1) is 0 Å². The summed E-state index contributed by atoms with van der Waals surface area (Å²) in [4.78, 5) is 149. The molecule has 0 spiro atoms. The molecule has 3 aromatic carbocycles. The molecule has 18 aliphatic rings. The Morgan fingerprint density at radius 2 is 0.441 bits per heavy atom. The van der Waals surface area contributed by atoms with Crippen LogP contribution in [0.15, 0.2) is 141 Å². The first-order valence-electron chi connectivity index (χ1n) is 54.9. The number of hydrogen-bond donors (Lipinski definition) is 0. The molecular formula is C121H152O24. The maximum atomic E-state index is 13.5. The Balaban J connectivity index is 0.000000138. The van der Waals surface area contributed by atoms with Gasteiger partial charge in [0.05, 0.1) is 113 Å². The fourth-order valence-electron chi connectivity index (χ4n) is 34.1. The van der Waals surface area contributed by atoms with Crippen LogP contribution >= 0.6 is 0 Å². The Bertz CT molecular complexity index is 5460. The van der Waals surface area contributed by atoms with Gasteiger partial charge in [-0.3, -0.25) is 0 Å². The average Bonchev–Trinajstić information content (AvgIpc) is 1.61. The molecule has 36 atom stereocenters. The van der Waals surface area contributed by atoms with E-state index in [1.54, 1.807) is 75.4 Å². The fourth-order valence-corrected chi connectivity index (χ4v) is 34.1. The van der Waals surface area contributed by atoms with Gasteiger partial charge in [-0.05, 0) is 460 Å². The number of hydrogen-bond acceptors (Lipinski definition) is 24. The molecule has 18 aliphatic carbocycles. The van der Waals surface area contributed by atoms with Crippen LogP contribution in [0.1, 0.15) is 263 Å². The van der Waals surface area contributed by atoms with E-state index in [4.69, 9.17) is 56.8 Å². The van der Waals surface area contributed by atoms with Crippen LogP contribution in [0.5, 0.6) is 0 Å². The predicted molar refractivity (Wildman–Crippen MR) is 537 cm³/mol. The molecule has 0 heterocycles. The molecule has 0 aromatic heterocycles. The number of fused-ring (bicyclic) bond motifs is 30. The second-order valence-corrected chi connectivity index (χ2v) is 49.4. The molecular weight excluding hydrogens is 1840 g/mol. The summed E-state index contributed by atoms with van der Waals surface area (Å²) >= 11 is 0. The van der Waals surface area contributed by atoms with Gasteiger partial charge < -0.3 is 56.8 Å². The lowest BCUT2D eigenvalue weighted by atomic mass is 9.76. The van der Waals surface area contributed by atoms with Crippen molar-refractivity contribution in [3.05, 3.63) is 180 Å². The van der Waals surface area contributed by atoms with E-state index in [0.29, 0.717) is 342 Å².